The first kappa shape index (κ1) is 13.4. The van der Waals surface area contributed by atoms with Crippen LogP contribution in [0.5, 0.6) is 0 Å². The summed E-state index contributed by atoms with van der Waals surface area (Å²) in [4.78, 5) is 23.5. The van der Waals surface area contributed by atoms with Gasteiger partial charge in [0.05, 0.1) is 17.0 Å². The second-order valence-electron chi connectivity index (χ2n) is 2.96. The van der Waals surface area contributed by atoms with Crippen molar-refractivity contribution >= 4 is 27.6 Å². The van der Waals surface area contributed by atoms with E-state index in [0.29, 0.717) is 0 Å². The minimum Gasteiger partial charge on any atom is -0.481 e. The maximum atomic E-state index is 12.5. The van der Waals surface area contributed by atoms with Crippen LogP contribution in [0.25, 0.3) is 0 Å². The molecule has 0 unspecified atom stereocenters. The highest BCUT2D eigenvalue weighted by Crippen LogP contribution is 2.33. The van der Waals surface area contributed by atoms with Crippen LogP contribution in [-0.4, -0.2) is 21.0 Å². The molecule has 17 heavy (non-hydrogen) atoms. The van der Waals surface area contributed by atoms with Crippen LogP contribution in [0.3, 0.4) is 0 Å². The monoisotopic (exact) mass is 310 g/mol. The van der Waals surface area contributed by atoms with Gasteiger partial charge in [-0.25, -0.2) is 13.8 Å². The molecule has 0 aliphatic heterocycles. The Hall–Kier alpha value is -1.64. The smallest absolute Gasteiger partial charge is 0.309 e. The fourth-order valence-corrected chi connectivity index (χ4v) is 1.63. The van der Waals surface area contributed by atoms with Gasteiger partial charge in [0.2, 0.25) is 0 Å². The van der Waals surface area contributed by atoms with Gasteiger partial charge in [0.1, 0.15) is 10.2 Å². The molecule has 1 N–H and O–H groups in total. The number of carboxylic acids is 1. The van der Waals surface area contributed by atoms with Gasteiger partial charge < -0.3 is 5.11 Å². The summed E-state index contributed by atoms with van der Waals surface area (Å²) in [6.45, 7) is 0. The Labute approximate surface area is 102 Å². The van der Waals surface area contributed by atoms with Crippen molar-refractivity contribution in [2.45, 2.75) is 12.8 Å². The number of hydrogen-bond acceptors (Lipinski definition) is 4. The van der Waals surface area contributed by atoms with E-state index in [1.165, 1.54) is 0 Å². The Morgan fingerprint density at radius 2 is 2.24 bits per heavy atom. The van der Waals surface area contributed by atoms with E-state index in [2.05, 4.69) is 20.9 Å². The lowest BCUT2D eigenvalue weighted by Crippen LogP contribution is -2.07. The van der Waals surface area contributed by atoms with E-state index in [1.807, 2.05) is 0 Å². The molecule has 0 spiro atoms. The van der Waals surface area contributed by atoms with E-state index in [-0.39, 0.29) is 5.69 Å². The third-order valence-electron chi connectivity index (χ3n) is 1.75. The number of carboxylic acid groups (broad SMARTS) is 1. The zero-order valence-corrected chi connectivity index (χ0v) is 9.65. The maximum Gasteiger partial charge on any atom is 0.309 e. The number of carbonyl (C=O) groups is 1. The van der Waals surface area contributed by atoms with Gasteiger partial charge in [-0.2, -0.15) is 0 Å². The Balaban J connectivity index is 3.36. The molecule has 0 saturated heterocycles. The minimum absolute atomic E-state index is 0.289. The Bertz CT molecular complexity index is 481. The Kier molecular flexibility index (Phi) is 4.05. The molecule has 0 saturated carbocycles. The van der Waals surface area contributed by atoms with Gasteiger partial charge in [0, 0.05) is 6.07 Å². The lowest BCUT2D eigenvalue weighted by Gasteiger charge is -2.05. The van der Waals surface area contributed by atoms with Gasteiger partial charge in [-0.1, -0.05) is 0 Å². The van der Waals surface area contributed by atoms with Crippen LogP contribution < -0.4 is 0 Å². The number of pyridine rings is 1. The molecule has 1 aromatic heterocycles. The van der Waals surface area contributed by atoms with Gasteiger partial charge in [0.25, 0.3) is 12.1 Å². The van der Waals surface area contributed by atoms with Crippen LogP contribution in [0.15, 0.2) is 10.5 Å². The van der Waals surface area contributed by atoms with Crippen molar-refractivity contribution < 1.29 is 23.6 Å². The molecule has 0 fully saturated rings. The van der Waals surface area contributed by atoms with E-state index in [1.54, 1.807) is 0 Å². The summed E-state index contributed by atoms with van der Waals surface area (Å²) in [5.41, 5.74) is -1.76. The van der Waals surface area contributed by atoms with Crippen molar-refractivity contribution in [2.24, 2.45) is 0 Å². The minimum atomic E-state index is -3.03. The fraction of sp³-hybridized carbons (Fsp3) is 0.250. The van der Waals surface area contributed by atoms with E-state index in [9.17, 15) is 23.7 Å². The molecule has 6 nitrogen and oxygen atoms in total. The molecule has 0 aliphatic carbocycles. The zero-order chi connectivity index (χ0) is 13.2. The zero-order valence-electron chi connectivity index (χ0n) is 8.06. The summed E-state index contributed by atoms with van der Waals surface area (Å²) in [7, 11) is 0. The van der Waals surface area contributed by atoms with Crippen LogP contribution in [-0.2, 0) is 11.2 Å². The highest BCUT2D eigenvalue weighted by atomic mass is 79.9. The standard InChI is InChI=1S/C8H5BrF2N2O4/c9-6-4(13(16)17)1-3(2-5(14)15)12-7(6)8(10)11/h1,8H,2H2,(H,14,15). The molecule has 9 heteroatoms. The first-order chi connectivity index (χ1) is 7.82. The fourth-order valence-electron chi connectivity index (χ4n) is 1.11. The average molecular weight is 311 g/mol. The quantitative estimate of drug-likeness (QED) is 0.680. The van der Waals surface area contributed by atoms with Crippen molar-refractivity contribution in [3.63, 3.8) is 0 Å². The molecule has 0 aromatic carbocycles. The third-order valence-corrected chi connectivity index (χ3v) is 2.57. The molecular formula is C8H5BrF2N2O4. The number of alkyl halides is 2. The number of halogens is 3. The number of aliphatic carboxylic acids is 1. The molecule has 1 heterocycles. The summed E-state index contributed by atoms with van der Waals surface area (Å²) >= 11 is 2.65. The molecule has 1 aromatic rings. The van der Waals surface area contributed by atoms with Crippen molar-refractivity contribution in [3.8, 4) is 0 Å². The number of rotatable bonds is 4. The second-order valence-corrected chi connectivity index (χ2v) is 3.75. The van der Waals surface area contributed by atoms with Crippen molar-refractivity contribution in [1.29, 1.82) is 0 Å². The SMILES string of the molecule is O=C(O)Cc1cc([N+](=O)[O-])c(Br)c(C(F)F)n1. The Morgan fingerprint density at radius 3 is 2.65 bits per heavy atom. The Morgan fingerprint density at radius 1 is 1.65 bits per heavy atom. The van der Waals surface area contributed by atoms with E-state index >= 15 is 0 Å². The summed E-state index contributed by atoms with van der Waals surface area (Å²) in [6.07, 6.45) is -3.69. The van der Waals surface area contributed by atoms with E-state index < -0.39 is 39.6 Å². The summed E-state index contributed by atoms with van der Waals surface area (Å²) in [5, 5.41) is 19.1. The predicted molar refractivity (Wildman–Crippen MR) is 54.9 cm³/mol. The average Bonchev–Trinajstić information content (AvgIpc) is 2.18. The predicted octanol–water partition coefficient (Wildman–Crippen LogP) is 2.32. The third kappa shape index (κ3) is 3.16. The van der Waals surface area contributed by atoms with Crippen LogP contribution in [0.1, 0.15) is 17.8 Å². The first-order valence-electron chi connectivity index (χ1n) is 4.16. The van der Waals surface area contributed by atoms with Crippen LogP contribution in [0.4, 0.5) is 14.5 Å². The van der Waals surface area contributed by atoms with Crippen molar-refractivity contribution in [2.75, 3.05) is 0 Å². The van der Waals surface area contributed by atoms with Gasteiger partial charge >= 0.3 is 5.97 Å². The number of hydrogen-bond donors (Lipinski definition) is 1. The van der Waals surface area contributed by atoms with Gasteiger partial charge in [-0.15, -0.1) is 0 Å². The molecule has 0 atom stereocenters. The summed E-state index contributed by atoms with van der Waals surface area (Å²) < 4.78 is 24.6. The molecule has 0 amide bonds. The van der Waals surface area contributed by atoms with Gasteiger partial charge in [-0.05, 0) is 15.9 Å². The van der Waals surface area contributed by atoms with Gasteiger partial charge in [-0.3, -0.25) is 14.9 Å². The number of nitro groups is 1. The van der Waals surface area contributed by atoms with E-state index in [4.69, 9.17) is 5.11 Å². The largest absolute Gasteiger partial charge is 0.481 e. The molecule has 1 rings (SSSR count). The maximum absolute atomic E-state index is 12.5. The molecule has 0 aliphatic rings. The highest BCUT2D eigenvalue weighted by molar-refractivity contribution is 9.10. The molecular weight excluding hydrogens is 306 g/mol. The van der Waals surface area contributed by atoms with Crippen molar-refractivity contribution in [1.82, 2.24) is 4.98 Å². The number of nitrogens with zero attached hydrogens (tertiary/aromatic N) is 2. The van der Waals surface area contributed by atoms with Crippen LogP contribution >= 0.6 is 15.9 Å². The normalized spacial score (nSPS) is 10.6. The lowest BCUT2D eigenvalue weighted by molar-refractivity contribution is -0.385. The lowest BCUT2D eigenvalue weighted by atomic mass is 10.2. The van der Waals surface area contributed by atoms with Crippen LogP contribution in [0, 0.1) is 10.1 Å². The van der Waals surface area contributed by atoms with Gasteiger partial charge in [0.15, 0.2) is 0 Å². The first-order valence-corrected chi connectivity index (χ1v) is 4.96. The molecule has 0 bridgehead atoms. The summed E-state index contributed by atoms with van der Waals surface area (Å²) in [6, 6.07) is 0.851. The number of aromatic nitrogens is 1. The molecule has 92 valence electrons. The highest BCUT2D eigenvalue weighted by Gasteiger charge is 2.24. The van der Waals surface area contributed by atoms with E-state index in [0.717, 1.165) is 6.07 Å². The van der Waals surface area contributed by atoms with Crippen LogP contribution in [0.2, 0.25) is 0 Å². The summed E-state index contributed by atoms with van der Waals surface area (Å²) in [5.74, 6) is -1.31. The molecule has 0 radical (unpaired) electrons. The second kappa shape index (κ2) is 5.13. The topological polar surface area (TPSA) is 93.3 Å². The van der Waals surface area contributed by atoms with Crippen molar-refractivity contribution in [3.05, 3.63) is 32.0 Å².